The van der Waals surface area contributed by atoms with E-state index >= 15 is 0 Å². The lowest BCUT2D eigenvalue weighted by Crippen LogP contribution is -2.09. The molecule has 0 unspecified atom stereocenters. The molecule has 2 rings (SSSR count). The normalized spacial score (nSPS) is 17.5. The molecule has 0 radical (unpaired) electrons. The third kappa shape index (κ3) is 2.46. The van der Waals surface area contributed by atoms with E-state index in [0.717, 1.165) is 0 Å². The Balaban J connectivity index is 2.48. The van der Waals surface area contributed by atoms with Crippen molar-refractivity contribution in [1.82, 2.24) is 15.3 Å². The molecular formula is C12H10ClFN4. The van der Waals surface area contributed by atoms with Crippen LogP contribution in [0.3, 0.4) is 0 Å². The Labute approximate surface area is 108 Å². The molecule has 1 aliphatic rings. The van der Waals surface area contributed by atoms with Crippen molar-refractivity contribution in [3.63, 3.8) is 0 Å². The van der Waals surface area contributed by atoms with E-state index in [0.29, 0.717) is 16.8 Å². The fourth-order valence-electron chi connectivity index (χ4n) is 1.54. The molecule has 6 heteroatoms. The van der Waals surface area contributed by atoms with Crippen LogP contribution in [0.4, 0.5) is 4.39 Å². The zero-order chi connectivity index (χ0) is 13.1. The van der Waals surface area contributed by atoms with Crippen LogP contribution in [-0.2, 0) is 0 Å². The number of halogens is 2. The van der Waals surface area contributed by atoms with E-state index in [1.165, 1.54) is 12.3 Å². The lowest BCUT2D eigenvalue weighted by molar-refractivity contribution is 0.680. The Morgan fingerprint density at radius 1 is 1.44 bits per heavy atom. The highest BCUT2D eigenvalue weighted by molar-refractivity contribution is 6.28. The predicted octanol–water partition coefficient (Wildman–Crippen LogP) is 2.50. The minimum Gasteiger partial charge on any atom is -0.393 e. The minimum atomic E-state index is -0.608. The van der Waals surface area contributed by atoms with Crippen LogP contribution in [0.15, 0.2) is 42.0 Å². The zero-order valence-electron chi connectivity index (χ0n) is 9.54. The summed E-state index contributed by atoms with van der Waals surface area (Å²) in [6.45, 7) is 0. The highest BCUT2D eigenvalue weighted by Crippen LogP contribution is 2.26. The summed E-state index contributed by atoms with van der Waals surface area (Å²) in [6, 6.07) is 1.63. The molecule has 1 aromatic heterocycles. The van der Waals surface area contributed by atoms with Crippen LogP contribution < -0.4 is 5.32 Å². The van der Waals surface area contributed by atoms with Crippen molar-refractivity contribution in [2.75, 3.05) is 7.05 Å². The van der Waals surface area contributed by atoms with Crippen molar-refractivity contribution in [2.24, 2.45) is 0 Å². The van der Waals surface area contributed by atoms with E-state index in [1.807, 2.05) is 0 Å². The molecule has 0 amide bonds. The molecule has 0 saturated carbocycles. The first-order chi connectivity index (χ1) is 8.61. The summed E-state index contributed by atoms with van der Waals surface area (Å²) in [7, 11) is 1.69. The number of hydrogen-bond donors (Lipinski definition) is 2. The fraction of sp³-hybridized carbons (Fsp3) is 0.0833. The molecule has 0 saturated heterocycles. The number of aromatic nitrogens is 2. The molecule has 1 aliphatic carbocycles. The van der Waals surface area contributed by atoms with E-state index < -0.39 is 5.83 Å². The van der Waals surface area contributed by atoms with E-state index in [4.69, 9.17) is 17.0 Å². The molecule has 0 fully saturated rings. The average molecular weight is 265 g/mol. The van der Waals surface area contributed by atoms with Crippen LogP contribution in [0, 0.1) is 5.41 Å². The first-order valence-electron chi connectivity index (χ1n) is 5.16. The molecule has 0 atom stereocenters. The van der Waals surface area contributed by atoms with E-state index in [2.05, 4.69) is 15.3 Å². The monoisotopic (exact) mass is 264 g/mol. The van der Waals surface area contributed by atoms with Crippen LogP contribution in [0.1, 0.15) is 5.69 Å². The number of nitrogens with one attached hydrogen (secondary N) is 2. The minimum absolute atomic E-state index is 0.0991. The summed E-state index contributed by atoms with van der Waals surface area (Å²) < 4.78 is 13.6. The number of allylic oxidation sites excluding steroid dienone is 5. The van der Waals surface area contributed by atoms with Gasteiger partial charge in [0.05, 0.1) is 11.4 Å². The molecule has 1 aromatic rings. The summed E-state index contributed by atoms with van der Waals surface area (Å²) in [4.78, 5) is 7.78. The van der Waals surface area contributed by atoms with Crippen LogP contribution >= 0.6 is 11.6 Å². The van der Waals surface area contributed by atoms with Crippen LogP contribution in [0.5, 0.6) is 0 Å². The van der Waals surface area contributed by atoms with Gasteiger partial charge in [-0.05, 0) is 29.8 Å². The highest BCUT2D eigenvalue weighted by Gasteiger charge is 2.17. The van der Waals surface area contributed by atoms with Gasteiger partial charge in [-0.1, -0.05) is 0 Å². The summed E-state index contributed by atoms with van der Waals surface area (Å²) >= 11 is 5.69. The molecule has 0 bridgehead atoms. The van der Waals surface area contributed by atoms with Crippen molar-refractivity contribution in [1.29, 1.82) is 5.41 Å². The standard InChI is InChI=1S/C12H10ClFN4/c1-16-6-8-4-7(5-9(14)11(8)15)10-2-3-17-12(13)18-10/h2-6,15-16H,1H3/b8-6-,15-11?. The van der Waals surface area contributed by atoms with E-state index in [1.54, 1.807) is 25.4 Å². The smallest absolute Gasteiger partial charge is 0.222 e. The van der Waals surface area contributed by atoms with Crippen LogP contribution in [-0.4, -0.2) is 22.7 Å². The van der Waals surface area contributed by atoms with E-state index in [-0.39, 0.29) is 11.0 Å². The van der Waals surface area contributed by atoms with Gasteiger partial charge in [-0.2, -0.15) is 0 Å². The molecule has 92 valence electrons. The Kier molecular flexibility index (Phi) is 3.53. The second kappa shape index (κ2) is 5.10. The number of nitrogens with zero attached hydrogens (tertiary/aromatic N) is 2. The summed E-state index contributed by atoms with van der Waals surface area (Å²) in [5.41, 5.74) is 1.35. The molecular weight excluding hydrogens is 255 g/mol. The maximum Gasteiger partial charge on any atom is 0.222 e. The maximum atomic E-state index is 13.6. The third-order valence-electron chi connectivity index (χ3n) is 2.34. The van der Waals surface area contributed by atoms with Gasteiger partial charge < -0.3 is 5.32 Å². The molecule has 0 aliphatic heterocycles. The quantitative estimate of drug-likeness (QED) is 0.807. The van der Waals surface area contributed by atoms with Crippen LogP contribution in [0.2, 0.25) is 5.28 Å². The van der Waals surface area contributed by atoms with Gasteiger partial charge in [0.25, 0.3) is 0 Å². The van der Waals surface area contributed by atoms with Crippen molar-refractivity contribution < 1.29 is 4.39 Å². The molecule has 4 nitrogen and oxygen atoms in total. The lowest BCUT2D eigenvalue weighted by Gasteiger charge is -2.12. The van der Waals surface area contributed by atoms with Gasteiger partial charge >= 0.3 is 0 Å². The average Bonchev–Trinajstić information content (AvgIpc) is 2.35. The fourth-order valence-corrected chi connectivity index (χ4v) is 1.69. The maximum absolute atomic E-state index is 13.6. The number of hydrogen-bond acceptors (Lipinski definition) is 4. The van der Waals surface area contributed by atoms with Crippen molar-refractivity contribution in [2.45, 2.75) is 0 Å². The van der Waals surface area contributed by atoms with Gasteiger partial charge in [0.2, 0.25) is 5.28 Å². The van der Waals surface area contributed by atoms with Gasteiger partial charge in [0, 0.05) is 30.6 Å². The summed E-state index contributed by atoms with van der Waals surface area (Å²) in [5, 5.41) is 10.5. The molecule has 0 aromatic carbocycles. The Morgan fingerprint density at radius 2 is 2.22 bits per heavy atom. The van der Waals surface area contributed by atoms with Crippen molar-refractivity contribution >= 4 is 22.9 Å². The second-order valence-corrected chi connectivity index (χ2v) is 3.90. The van der Waals surface area contributed by atoms with Gasteiger partial charge in [-0.15, -0.1) is 0 Å². The largest absolute Gasteiger partial charge is 0.393 e. The Bertz CT molecular complexity index is 589. The van der Waals surface area contributed by atoms with Gasteiger partial charge in [-0.3, -0.25) is 5.41 Å². The van der Waals surface area contributed by atoms with Gasteiger partial charge in [0.15, 0.2) is 0 Å². The SMILES string of the molecule is CN/C=C1/C=C(c2ccnc(Cl)n2)C=C(F)C1=N. The van der Waals surface area contributed by atoms with Gasteiger partial charge in [-0.25, -0.2) is 14.4 Å². The first kappa shape index (κ1) is 12.4. The lowest BCUT2D eigenvalue weighted by atomic mass is 9.98. The van der Waals surface area contributed by atoms with Crippen molar-refractivity contribution in [3.8, 4) is 0 Å². The molecule has 1 heterocycles. The summed E-state index contributed by atoms with van der Waals surface area (Å²) in [6.07, 6.45) is 5.98. The molecule has 0 spiro atoms. The van der Waals surface area contributed by atoms with E-state index in [9.17, 15) is 4.39 Å². The predicted molar refractivity (Wildman–Crippen MR) is 69.1 cm³/mol. The topological polar surface area (TPSA) is 61.7 Å². The number of rotatable bonds is 2. The first-order valence-corrected chi connectivity index (χ1v) is 5.54. The zero-order valence-corrected chi connectivity index (χ0v) is 10.3. The highest BCUT2D eigenvalue weighted by atomic mass is 35.5. The van der Waals surface area contributed by atoms with Gasteiger partial charge in [0.1, 0.15) is 5.83 Å². The molecule has 2 N–H and O–H groups in total. The third-order valence-corrected chi connectivity index (χ3v) is 2.52. The Morgan fingerprint density at radius 3 is 2.89 bits per heavy atom. The Hall–Kier alpha value is -2.01. The summed E-state index contributed by atoms with van der Waals surface area (Å²) in [5.74, 6) is -0.608. The molecule has 18 heavy (non-hydrogen) atoms. The van der Waals surface area contributed by atoms with Crippen LogP contribution in [0.25, 0.3) is 5.57 Å². The van der Waals surface area contributed by atoms with Crippen molar-refractivity contribution in [3.05, 3.63) is 53.0 Å². The second-order valence-electron chi connectivity index (χ2n) is 3.57.